The minimum Gasteiger partial charge on any atom is -0.392 e. The van der Waals surface area contributed by atoms with Crippen molar-refractivity contribution in [2.24, 2.45) is 0 Å². The molecule has 2 fully saturated rings. The lowest BCUT2D eigenvalue weighted by atomic mass is 9.91. The summed E-state index contributed by atoms with van der Waals surface area (Å²) in [5.74, 6) is -0.746. The van der Waals surface area contributed by atoms with Crippen LogP contribution >= 0.6 is 15.9 Å². The molecule has 106 valence electrons. The zero-order chi connectivity index (χ0) is 13.2. The quantitative estimate of drug-likeness (QED) is 0.784. The molecule has 0 aromatic carbocycles. The van der Waals surface area contributed by atoms with E-state index in [2.05, 4.69) is 15.9 Å². The SMILES string of the molecule is COC[C@@H]1OC2(CCCC(O)C2Br)O[C@H]1COC. The van der Waals surface area contributed by atoms with Gasteiger partial charge in [0.25, 0.3) is 0 Å². The molecule has 1 aliphatic carbocycles. The molecule has 4 atom stereocenters. The van der Waals surface area contributed by atoms with Crippen LogP contribution in [0.3, 0.4) is 0 Å². The van der Waals surface area contributed by atoms with Gasteiger partial charge in [-0.05, 0) is 12.8 Å². The van der Waals surface area contributed by atoms with E-state index in [0.717, 1.165) is 19.3 Å². The second-order valence-electron chi connectivity index (χ2n) is 4.90. The first-order valence-corrected chi connectivity index (χ1v) is 7.20. The van der Waals surface area contributed by atoms with Crippen LogP contribution < -0.4 is 0 Å². The van der Waals surface area contributed by atoms with E-state index in [1.165, 1.54) is 0 Å². The standard InChI is InChI=1S/C12H21BrO5/c1-15-6-9-10(7-16-2)18-12(17-9)5-3-4-8(14)11(12)13/h8-11,14H,3-7H2,1-2H3/t8?,9-,10-,11?/m0/s1. The van der Waals surface area contributed by atoms with Crippen LogP contribution in [0.1, 0.15) is 19.3 Å². The van der Waals surface area contributed by atoms with Crippen LogP contribution in [0.15, 0.2) is 0 Å². The minimum atomic E-state index is -0.746. The molecule has 6 heteroatoms. The Morgan fingerprint density at radius 2 is 1.78 bits per heavy atom. The summed E-state index contributed by atoms with van der Waals surface area (Å²) in [6.45, 7) is 0.928. The summed E-state index contributed by atoms with van der Waals surface area (Å²) in [4.78, 5) is -0.208. The number of halogens is 1. The van der Waals surface area contributed by atoms with Gasteiger partial charge < -0.3 is 24.1 Å². The minimum absolute atomic E-state index is 0.153. The number of rotatable bonds is 4. The third kappa shape index (κ3) is 2.73. The molecule has 2 rings (SSSR count). The molecule has 1 spiro atoms. The Kier molecular flexibility index (Phi) is 5.02. The van der Waals surface area contributed by atoms with Crippen molar-refractivity contribution in [3.05, 3.63) is 0 Å². The monoisotopic (exact) mass is 324 g/mol. The van der Waals surface area contributed by atoms with Gasteiger partial charge in [0.05, 0.1) is 24.1 Å². The van der Waals surface area contributed by atoms with Crippen molar-refractivity contribution in [2.45, 2.75) is 48.2 Å². The van der Waals surface area contributed by atoms with Crippen molar-refractivity contribution in [1.82, 2.24) is 0 Å². The lowest BCUT2D eigenvalue weighted by Crippen LogP contribution is -2.50. The number of methoxy groups -OCH3 is 2. The van der Waals surface area contributed by atoms with Crippen molar-refractivity contribution in [1.29, 1.82) is 0 Å². The normalized spacial score (nSPS) is 39.3. The van der Waals surface area contributed by atoms with E-state index >= 15 is 0 Å². The van der Waals surface area contributed by atoms with Crippen LogP contribution in [0.2, 0.25) is 0 Å². The molecule has 1 N–H and O–H groups in total. The summed E-state index contributed by atoms with van der Waals surface area (Å²) in [5, 5.41) is 9.97. The Morgan fingerprint density at radius 3 is 2.28 bits per heavy atom. The van der Waals surface area contributed by atoms with Crippen molar-refractivity contribution in [2.75, 3.05) is 27.4 Å². The fraction of sp³-hybridized carbons (Fsp3) is 1.00. The van der Waals surface area contributed by atoms with Crippen LogP contribution in [-0.4, -0.2) is 61.5 Å². The van der Waals surface area contributed by atoms with Gasteiger partial charge in [0.1, 0.15) is 12.2 Å². The van der Waals surface area contributed by atoms with Crippen LogP contribution in [0.25, 0.3) is 0 Å². The second kappa shape index (κ2) is 6.15. The number of hydrogen-bond donors (Lipinski definition) is 1. The largest absolute Gasteiger partial charge is 0.392 e. The Labute approximate surface area is 116 Å². The van der Waals surface area contributed by atoms with Crippen molar-refractivity contribution >= 4 is 15.9 Å². The molecule has 0 aromatic rings. The van der Waals surface area contributed by atoms with Gasteiger partial charge in [0.2, 0.25) is 0 Å². The number of hydrogen-bond acceptors (Lipinski definition) is 5. The van der Waals surface area contributed by atoms with E-state index in [9.17, 15) is 5.11 Å². The van der Waals surface area contributed by atoms with Crippen LogP contribution in [-0.2, 0) is 18.9 Å². The van der Waals surface area contributed by atoms with Crippen molar-refractivity contribution < 1.29 is 24.1 Å². The smallest absolute Gasteiger partial charge is 0.184 e. The van der Waals surface area contributed by atoms with E-state index in [1.807, 2.05) is 0 Å². The summed E-state index contributed by atoms with van der Waals surface area (Å²) >= 11 is 3.51. The average Bonchev–Trinajstić information content (AvgIpc) is 2.67. The number of aliphatic hydroxyl groups is 1. The molecule has 1 aliphatic heterocycles. The molecule has 1 saturated heterocycles. The van der Waals surface area contributed by atoms with Gasteiger partial charge in [0.15, 0.2) is 5.79 Å². The van der Waals surface area contributed by atoms with E-state index < -0.39 is 11.9 Å². The zero-order valence-corrected chi connectivity index (χ0v) is 12.4. The fourth-order valence-electron chi connectivity index (χ4n) is 2.69. The van der Waals surface area contributed by atoms with E-state index in [-0.39, 0.29) is 17.0 Å². The van der Waals surface area contributed by atoms with Gasteiger partial charge in [-0.1, -0.05) is 15.9 Å². The molecule has 0 aromatic heterocycles. The Bertz CT molecular complexity index is 261. The number of alkyl halides is 1. The van der Waals surface area contributed by atoms with Crippen LogP contribution in [0.5, 0.6) is 0 Å². The first-order chi connectivity index (χ1) is 8.63. The van der Waals surface area contributed by atoms with E-state index in [4.69, 9.17) is 18.9 Å². The van der Waals surface area contributed by atoms with Gasteiger partial charge >= 0.3 is 0 Å². The van der Waals surface area contributed by atoms with E-state index in [1.54, 1.807) is 14.2 Å². The molecule has 1 heterocycles. The molecule has 0 radical (unpaired) electrons. The van der Waals surface area contributed by atoms with Gasteiger partial charge in [-0.2, -0.15) is 0 Å². The third-order valence-corrected chi connectivity index (χ3v) is 4.87. The van der Waals surface area contributed by atoms with Crippen molar-refractivity contribution in [3.8, 4) is 0 Å². The molecule has 0 amide bonds. The highest BCUT2D eigenvalue weighted by molar-refractivity contribution is 9.09. The molecule has 18 heavy (non-hydrogen) atoms. The Balaban J connectivity index is 2.10. The molecular formula is C12H21BrO5. The molecule has 2 unspecified atom stereocenters. The lowest BCUT2D eigenvalue weighted by Gasteiger charge is -2.39. The van der Waals surface area contributed by atoms with Crippen LogP contribution in [0, 0.1) is 0 Å². The summed E-state index contributed by atoms with van der Waals surface area (Å²) in [6.07, 6.45) is 1.70. The summed E-state index contributed by atoms with van der Waals surface area (Å²) in [6, 6.07) is 0. The first kappa shape index (κ1) is 14.7. The maximum absolute atomic E-state index is 9.97. The highest BCUT2D eigenvalue weighted by atomic mass is 79.9. The van der Waals surface area contributed by atoms with E-state index in [0.29, 0.717) is 13.2 Å². The molecule has 5 nitrogen and oxygen atoms in total. The van der Waals surface area contributed by atoms with Gasteiger partial charge in [-0.3, -0.25) is 0 Å². The van der Waals surface area contributed by atoms with Gasteiger partial charge in [0, 0.05) is 20.6 Å². The molecular weight excluding hydrogens is 304 g/mol. The lowest BCUT2D eigenvalue weighted by molar-refractivity contribution is -0.207. The summed E-state index contributed by atoms with van der Waals surface area (Å²) in [7, 11) is 3.28. The number of aliphatic hydroxyl groups excluding tert-OH is 1. The number of ether oxygens (including phenoxy) is 4. The molecule has 2 aliphatic rings. The summed E-state index contributed by atoms with van der Waals surface area (Å²) < 4.78 is 22.4. The molecule has 0 bridgehead atoms. The van der Waals surface area contributed by atoms with Crippen LogP contribution in [0.4, 0.5) is 0 Å². The predicted octanol–water partition coefficient (Wildman–Crippen LogP) is 1.07. The molecule has 1 saturated carbocycles. The maximum Gasteiger partial charge on any atom is 0.184 e. The third-order valence-electron chi connectivity index (χ3n) is 3.56. The van der Waals surface area contributed by atoms with Gasteiger partial charge in [-0.15, -0.1) is 0 Å². The maximum atomic E-state index is 9.97. The predicted molar refractivity (Wildman–Crippen MR) is 68.8 cm³/mol. The topological polar surface area (TPSA) is 57.2 Å². The highest BCUT2D eigenvalue weighted by Gasteiger charge is 2.55. The van der Waals surface area contributed by atoms with Crippen molar-refractivity contribution in [3.63, 3.8) is 0 Å². The highest BCUT2D eigenvalue weighted by Crippen LogP contribution is 2.44. The average molecular weight is 325 g/mol. The summed E-state index contributed by atoms with van der Waals surface area (Å²) in [5.41, 5.74) is 0. The Morgan fingerprint density at radius 1 is 1.22 bits per heavy atom. The fourth-order valence-corrected chi connectivity index (χ4v) is 3.40. The second-order valence-corrected chi connectivity index (χ2v) is 5.88. The first-order valence-electron chi connectivity index (χ1n) is 6.28. The Hall–Kier alpha value is 0.280. The van der Waals surface area contributed by atoms with Gasteiger partial charge in [-0.25, -0.2) is 0 Å². The zero-order valence-electron chi connectivity index (χ0n) is 10.8.